The number of anilines is 1. The first kappa shape index (κ1) is 19.1. The molecule has 2 fully saturated rings. The van der Waals surface area contributed by atoms with Crippen molar-refractivity contribution in [3.8, 4) is 0 Å². The summed E-state index contributed by atoms with van der Waals surface area (Å²) in [7, 11) is 0. The predicted octanol–water partition coefficient (Wildman–Crippen LogP) is 0.177. The molecular weight excluding hydrogens is 358 g/mol. The minimum absolute atomic E-state index is 0.235. The van der Waals surface area contributed by atoms with Gasteiger partial charge in [0.25, 0.3) is 5.91 Å². The van der Waals surface area contributed by atoms with Gasteiger partial charge < -0.3 is 15.7 Å². The number of quaternary nitrogens is 1. The monoisotopic (exact) mass is 386 g/mol. The van der Waals surface area contributed by atoms with Crippen molar-refractivity contribution in [3.63, 3.8) is 0 Å². The van der Waals surface area contributed by atoms with Gasteiger partial charge in [0.05, 0.1) is 5.69 Å². The molecule has 0 aromatic heterocycles. The van der Waals surface area contributed by atoms with Gasteiger partial charge in [-0.25, -0.2) is 0 Å². The van der Waals surface area contributed by atoms with Gasteiger partial charge in [-0.05, 0) is 51.3 Å². The minimum Gasteiger partial charge on any atom is -0.387 e. The fourth-order valence-corrected chi connectivity index (χ4v) is 5.28. The average molecular weight is 386 g/mol. The Labute approximate surface area is 164 Å². The number of likely N-dealkylation sites (tertiary alicyclic amines) is 1. The summed E-state index contributed by atoms with van der Waals surface area (Å²) in [6.45, 7) is 9.31. The van der Waals surface area contributed by atoms with Gasteiger partial charge in [-0.2, -0.15) is 0 Å². The number of fused-ring (bicyclic) bond motifs is 4. The number of nitrogens with one attached hydrogen (secondary N) is 1. The lowest BCUT2D eigenvalue weighted by Crippen LogP contribution is -3.00. The maximum atomic E-state index is 13.5. The molecule has 0 radical (unpaired) electrons. The molecule has 7 nitrogen and oxygen atoms in total. The normalized spacial score (nSPS) is 33.3. The molecule has 3 amide bonds. The van der Waals surface area contributed by atoms with Gasteiger partial charge >= 0.3 is 0 Å². The Morgan fingerprint density at radius 2 is 1.89 bits per heavy atom. The lowest BCUT2D eigenvalue weighted by Gasteiger charge is -2.29. The number of hydrogen-bond donors (Lipinski definition) is 3. The van der Waals surface area contributed by atoms with E-state index in [0.717, 1.165) is 22.4 Å². The number of nitrogens with zero attached hydrogens (tertiary/aromatic N) is 1. The first-order valence-corrected chi connectivity index (χ1v) is 9.99. The van der Waals surface area contributed by atoms with Gasteiger partial charge in [-0.3, -0.25) is 19.3 Å². The number of carbonyl (C=O) groups is 3. The van der Waals surface area contributed by atoms with Crippen molar-refractivity contribution < 1.29 is 24.8 Å². The van der Waals surface area contributed by atoms with Gasteiger partial charge in [0.15, 0.2) is 0 Å². The van der Waals surface area contributed by atoms with Crippen LogP contribution in [0.15, 0.2) is 12.1 Å². The maximum Gasteiger partial charge on any atom is 0.291 e. The highest BCUT2D eigenvalue weighted by Crippen LogP contribution is 2.50. The Hall–Kier alpha value is -2.25. The number of hydrogen-bond acceptors (Lipinski definition) is 4. The second kappa shape index (κ2) is 6.12. The number of rotatable bonds is 3. The zero-order valence-electron chi connectivity index (χ0n) is 16.9. The quantitative estimate of drug-likeness (QED) is 0.645. The highest BCUT2D eigenvalue weighted by Gasteiger charge is 2.75. The molecule has 0 saturated carbocycles. The van der Waals surface area contributed by atoms with Crippen molar-refractivity contribution in [1.82, 2.24) is 4.90 Å². The zero-order chi connectivity index (χ0) is 20.5. The maximum absolute atomic E-state index is 13.5. The van der Waals surface area contributed by atoms with Crippen LogP contribution < -0.4 is 10.6 Å². The molecule has 1 aromatic rings. The van der Waals surface area contributed by atoms with Crippen LogP contribution in [0.25, 0.3) is 0 Å². The number of benzene rings is 1. The number of aliphatic hydroxyl groups is 1. The molecule has 0 bridgehead atoms. The molecule has 4 rings (SSSR count). The van der Waals surface area contributed by atoms with Crippen LogP contribution in [-0.4, -0.2) is 45.9 Å². The Bertz CT molecular complexity index is 896. The molecule has 3 aliphatic heterocycles. The minimum atomic E-state index is -1.21. The molecule has 0 aliphatic carbocycles. The van der Waals surface area contributed by atoms with Crippen LogP contribution in [0.2, 0.25) is 0 Å². The van der Waals surface area contributed by atoms with Crippen molar-refractivity contribution in [3.05, 3.63) is 28.8 Å². The van der Waals surface area contributed by atoms with Crippen LogP contribution in [0, 0.1) is 25.7 Å². The number of amides is 3. The summed E-state index contributed by atoms with van der Waals surface area (Å²) < 4.78 is 0. The van der Waals surface area contributed by atoms with Crippen molar-refractivity contribution in [1.29, 1.82) is 0 Å². The summed E-state index contributed by atoms with van der Waals surface area (Å²) >= 11 is 0. The predicted molar refractivity (Wildman–Crippen MR) is 102 cm³/mol. The van der Waals surface area contributed by atoms with Gasteiger partial charge in [0, 0.05) is 11.6 Å². The van der Waals surface area contributed by atoms with E-state index >= 15 is 0 Å². The van der Waals surface area contributed by atoms with E-state index in [2.05, 4.69) is 5.32 Å². The molecule has 150 valence electrons. The third-order valence-corrected chi connectivity index (χ3v) is 7.13. The summed E-state index contributed by atoms with van der Waals surface area (Å²) in [6, 6.07) is 3.05. The number of carbonyl (C=O) groups excluding carboxylic acids is 3. The Morgan fingerprint density at radius 3 is 2.50 bits per heavy atom. The van der Waals surface area contributed by atoms with Crippen LogP contribution >= 0.6 is 0 Å². The Kier molecular flexibility index (Phi) is 4.17. The number of imide groups is 1. The van der Waals surface area contributed by atoms with E-state index < -0.39 is 29.5 Å². The van der Waals surface area contributed by atoms with Crippen molar-refractivity contribution in [2.75, 3.05) is 5.32 Å². The Balaban J connectivity index is 1.93. The number of aliphatic hydroxyl groups excluding tert-OH is 1. The molecule has 2 saturated heterocycles. The number of nitrogens with two attached hydrogens (primary N) is 1. The molecule has 28 heavy (non-hydrogen) atoms. The standard InChI is InChI=1S/C21H27N3O4/c1-6-10(3)24-18(26)14-15(19(24)27)21(23-17(14)12(5)25)13-8-7-9(2)11(4)16(13)22-20(21)28/h7-8,10,12,14-15,17,23,25H,6H2,1-5H3,(H,22,28)/p+1/t10-,12+,14-,15-,17+,21-/m0/s1. The lowest BCUT2D eigenvalue weighted by atomic mass is 9.76. The van der Waals surface area contributed by atoms with Crippen LogP contribution in [0.4, 0.5) is 5.69 Å². The number of aryl methyl sites for hydroxylation is 1. The lowest BCUT2D eigenvalue weighted by molar-refractivity contribution is -0.738. The van der Waals surface area contributed by atoms with Crippen LogP contribution in [0.3, 0.4) is 0 Å². The summed E-state index contributed by atoms with van der Waals surface area (Å²) in [5.74, 6) is -2.36. The molecule has 7 heteroatoms. The van der Waals surface area contributed by atoms with Crippen LogP contribution in [0.1, 0.15) is 43.9 Å². The van der Waals surface area contributed by atoms with Gasteiger partial charge in [0.2, 0.25) is 17.4 Å². The van der Waals surface area contributed by atoms with E-state index in [0.29, 0.717) is 6.42 Å². The first-order valence-electron chi connectivity index (χ1n) is 9.99. The molecule has 3 heterocycles. The van der Waals surface area contributed by atoms with Crippen molar-refractivity contribution in [2.45, 2.75) is 64.8 Å². The first-order chi connectivity index (χ1) is 13.2. The van der Waals surface area contributed by atoms with Crippen LogP contribution in [-0.2, 0) is 19.9 Å². The van der Waals surface area contributed by atoms with E-state index in [1.807, 2.05) is 39.8 Å². The van der Waals surface area contributed by atoms with Crippen molar-refractivity contribution in [2.24, 2.45) is 11.8 Å². The van der Waals surface area contributed by atoms with Gasteiger partial charge in [0.1, 0.15) is 24.0 Å². The third kappa shape index (κ3) is 2.14. The third-order valence-electron chi connectivity index (χ3n) is 7.13. The average Bonchev–Trinajstić information content (AvgIpc) is 3.24. The second-order valence-electron chi connectivity index (χ2n) is 8.54. The fourth-order valence-electron chi connectivity index (χ4n) is 5.28. The SMILES string of the molecule is CC[C@H](C)N1C(=O)[C@@H]2[C@@H]([C@@H](C)O)[NH2+][C@]3(C(=O)Nc4c3ccc(C)c4C)[C@@H]2C1=O. The highest BCUT2D eigenvalue weighted by molar-refractivity contribution is 6.14. The smallest absolute Gasteiger partial charge is 0.291 e. The van der Waals surface area contributed by atoms with E-state index in [4.69, 9.17) is 0 Å². The van der Waals surface area contributed by atoms with Gasteiger partial charge in [-0.1, -0.05) is 13.0 Å². The topological polar surface area (TPSA) is 103 Å². The van der Waals surface area contributed by atoms with Gasteiger partial charge in [-0.15, -0.1) is 0 Å². The largest absolute Gasteiger partial charge is 0.387 e. The highest BCUT2D eigenvalue weighted by atomic mass is 16.3. The molecule has 1 spiro atoms. The van der Waals surface area contributed by atoms with E-state index in [1.165, 1.54) is 4.90 Å². The van der Waals surface area contributed by atoms with E-state index in [-0.39, 0.29) is 23.8 Å². The summed E-state index contributed by atoms with van der Waals surface area (Å²) in [5.41, 5.74) is 2.27. The second-order valence-corrected chi connectivity index (χ2v) is 8.54. The summed E-state index contributed by atoms with van der Waals surface area (Å²) in [6.07, 6.45) is -0.183. The molecule has 0 unspecified atom stereocenters. The molecule has 3 aliphatic rings. The Morgan fingerprint density at radius 1 is 1.21 bits per heavy atom. The van der Waals surface area contributed by atoms with Crippen LogP contribution in [0.5, 0.6) is 0 Å². The zero-order valence-corrected chi connectivity index (χ0v) is 16.9. The fraction of sp³-hybridized carbons (Fsp3) is 0.571. The van der Waals surface area contributed by atoms with E-state index in [1.54, 1.807) is 12.2 Å². The molecular formula is C21H28N3O4+. The molecule has 6 atom stereocenters. The summed E-state index contributed by atoms with van der Waals surface area (Å²) in [5, 5.41) is 15.2. The van der Waals surface area contributed by atoms with E-state index in [9.17, 15) is 19.5 Å². The molecule has 1 aromatic carbocycles. The molecule has 4 N–H and O–H groups in total. The van der Waals surface area contributed by atoms with Crippen molar-refractivity contribution >= 4 is 23.4 Å². The summed E-state index contributed by atoms with van der Waals surface area (Å²) in [4.78, 5) is 41.3.